The van der Waals surface area contributed by atoms with Gasteiger partial charge in [-0.25, -0.2) is 15.0 Å². The average molecular weight is 485 g/mol. The number of anilines is 2. The molecule has 2 aromatic heterocycles. The minimum atomic E-state index is -3.73. The zero-order valence-corrected chi connectivity index (χ0v) is 19.5. The lowest BCUT2D eigenvalue weighted by Crippen LogP contribution is -2.15. The van der Waals surface area contributed by atoms with Crippen molar-refractivity contribution in [2.75, 3.05) is 24.0 Å². The second-order valence-corrected chi connectivity index (χ2v) is 9.63. The monoisotopic (exact) mass is 484 g/mol. The molecule has 0 bridgehead atoms. The summed E-state index contributed by atoms with van der Waals surface area (Å²) in [5.74, 6) is 0.398. The van der Waals surface area contributed by atoms with Crippen molar-refractivity contribution in [2.45, 2.75) is 12.1 Å². The number of benzene rings is 1. The Labute approximate surface area is 189 Å². The summed E-state index contributed by atoms with van der Waals surface area (Å²) in [4.78, 5) is 14.9. The molecule has 1 aromatic carbocycles. The number of nitrogens with zero attached hydrogens (tertiary/aromatic N) is 4. The lowest BCUT2D eigenvalue weighted by atomic mass is 10.1. The molecule has 0 radical (unpaired) electrons. The minimum absolute atomic E-state index is 0.126. The van der Waals surface area contributed by atoms with Crippen LogP contribution in [0.2, 0.25) is 10.0 Å². The maximum Gasteiger partial charge on any atom is 0.308 e. The zero-order chi connectivity index (χ0) is 21.9. The van der Waals surface area contributed by atoms with Crippen molar-refractivity contribution in [1.82, 2.24) is 15.0 Å². The van der Waals surface area contributed by atoms with Gasteiger partial charge < -0.3 is 9.08 Å². The summed E-state index contributed by atoms with van der Waals surface area (Å²) in [5.41, 5.74) is 1.74. The van der Waals surface area contributed by atoms with Gasteiger partial charge in [-0.3, -0.25) is 0 Å². The highest BCUT2D eigenvalue weighted by Crippen LogP contribution is 2.33. The van der Waals surface area contributed by atoms with Crippen LogP contribution in [-0.4, -0.2) is 42.4 Å². The van der Waals surface area contributed by atoms with E-state index in [1.165, 1.54) is 30.8 Å². The number of halogens is 2. The fourth-order valence-electron chi connectivity index (χ4n) is 2.49. The molecule has 3 aromatic rings. The van der Waals surface area contributed by atoms with E-state index in [0.29, 0.717) is 38.0 Å². The van der Waals surface area contributed by atoms with Crippen LogP contribution in [0.15, 0.2) is 47.9 Å². The Kier molecular flexibility index (Phi) is 7.07. The first-order valence-electron chi connectivity index (χ1n) is 8.71. The van der Waals surface area contributed by atoms with Gasteiger partial charge in [0, 0.05) is 34.8 Å². The molecule has 0 aliphatic rings. The first kappa shape index (κ1) is 22.6. The zero-order valence-electron chi connectivity index (χ0n) is 16.3. The van der Waals surface area contributed by atoms with Crippen molar-refractivity contribution < 1.29 is 12.6 Å². The quantitative estimate of drug-likeness (QED) is 0.261. The lowest BCUT2D eigenvalue weighted by molar-refractivity contribution is 0.487. The van der Waals surface area contributed by atoms with Gasteiger partial charge in [0.15, 0.2) is 5.16 Å². The third-order valence-electron chi connectivity index (χ3n) is 4.05. The van der Waals surface area contributed by atoms with Crippen LogP contribution in [0, 0.1) is 0 Å². The second kappa shape index (κ2) is 9.38. The Morgan fingerprint density at radius 3 is 2.27 bits per heavy atom. The predicted molar refractivity (Wildman–Crippen MR) is 122 cm³/mol. The van der Waals surface area contributed by atoms with Crippen LogP contribution in [0.5, 0.6) is 5.75 Å². The summed E-state index contributed by atoms with van der Waals surface area (Å²) >= 11 is 13.7. The van der Waals surface area contributed by atoms with Gasteiger partial charge >= 0.3 is 10.1 Å². The highest BCUT2D eigenvalue weighted by atomic mass is 35.5. The second-order valence-electron chi connectivity index (χ2n) is 6.12. The first-order chi connectivity index (χ1) is 14.2. The molecule has 0 aliphatic heterocycles. The molecule has 0 saturated carbocycles. The fourth-order valence-corrected chi connectivity index (χ4v) is 3.84. The van der Waals surface area contributed by atoms with Gasteiger partial charge in [-0.2, -0.15) is 8.42 Å². The van der Waals surface area contributed by atoms with E-state index in [1.807, 2.05) is 6.26 Å². The van der Waals surface area contributed by atoms with Crippen LogP contribution in [-0.2, 0) is 10.1 Å². The van der Waals surface area contributed by atoms with E-state index in [-0.39, 0.29) is 11.5 Å². The van der Waals surface area contributed by atoms with Gasteiger partial charge in [0.2, 0.25) is 0 Å². The number of pyridine rings is 1. The number of hydrogen-bond acceptors (Lipinski definition) is 8. The summed E-state index contributed by atoms with van der Waals surface area (Å²) in [6.45, 7) is 1.51. The summed E-state index contributed by atoms with van der Waals surface area (Å²) < 4.78 is 29.3. The normalized spacial score (nSPS) is 11.4. The van der Waals surface area contributed by atoms with Gasteiger partial charge in [-0.15, -0.1) is 0 Å². The van der Waals surface area contributed by atoms with E-state index in [0.717, 1.165) is 0 Å². The molecule has 2 heterocycles. The maximum absolute atomic E-state index is 12.0. The van der Waals surface area contributed by atoms with Crippen molar-refractivity contribution in [2.24, 2.45) is 0 Å². The molecule has 7 nitrogen and oxygen atoms in total. The SMILES string of the molecule is CCS(=O)(=O)Oc1cc(-c2cc(Cl)cc(Cl)c2)nc(N(C)c2cnc(SC)nc2)c1. The molecule has 11 heteroatoms. The van der Waals surface area contributed by atoms with E-state index >= 15 is 0 Å². The highest BCUT2D eigenvalue weighted by molar-refractivity contribution is 7.98. The molecular formula is C19H18Cl2N4O3S2. The molecule has 0 spiro atoms. The molecule has 0 unspecified atom stereocenters. The van der Waals surface area contributed by atoms with Crippen LogP contribution in [0.25, 0.3) is 11.3 Å². The van der Waals surface area contributed by atoms with Crippen molar-refractivity contribution in [3.05, 3.63) is 52.8 Å². The third-order valence-corrected chi connectivity index (χ3v) is 6.21. The predicted octanol–water partition coefficient (Wildman–Crippen LogP) is 5.06. The molecule has 0 aliphatic carbocycles. The van der Waals surface area contributed by atoms with Gasteiger partial charge in [0.25, 0.3) is 0 Å². The third kappa shape index (κ3) is 5.54. The summed E-state index contributed by atoms with van der Waals surface area (Å²) in [5, 5.41) is 1.51. The Morgan fingerprint density at radius 1 is 1.07 bits per heavy atom. The molecule has 3 rings (SSSR count). The topological polar surface area (TPSA) is 85.3 Å². The molecule has 0 N–H and O–H groups in total. The first-order valence-corrected chi connectivity index (χ1v) is 12.3. The van der Waals surface area contributed by atoms with Crippen molar-refractivity contribution in [3.8, 4) is 17.0 Å². The summed E-state index contributed by atoms with van der Waals surface area (Å²) in [6, 6.07) is 8.04. The number of thioether (sulfide) groups is 1. The Hall–Kier alpha value is -2.07. The standard InChI is InChI=1S/C19H18Cl2N4O3S2/c1-4-30(26,27)28-16-8-17(12-5-13(20)7-14(21)6-12)24-18(9-16)25(2)15-10-22-19(29-3)23-11-15/h5-11H,4H2,1-3H3. The average Bonchev–Trinajstić information content (AvgIpc) is 2.72. The van der Waals surface area contributed by atoms with Gasteiger partial charge in [0.05, 0.1) is 29.5 Å². The number of rotatable bonds is 7. The molecule has 158 valence electrons. The maximum atomic E-state index is 12.0. The number of aromatic nitrogens is 3. The van der Waals surface area contributed by atoms with Crippen LogP contribution in [0.3, 0.4) is 0 Å². The fraction of sp³-hybridized carbons (Fsp3) is 0.211. The largest absolute Gasteiger partial charge is 0.382 e. The molecule has 0 fully saturated rings. The van der Waals surface area contributed by atoms with E-state index in [4.69, 9.17) is 27.4 Å². The Bertz CT molecular complexity index is 1140. The molecular weight excluding hydrogens is 467 g/mol. The van der Waals surface area contributed by atoms with Crippen molar-refractivity contribution in [3.63, 3.8) is 0 Å². The van der Waals surface area contributed by atoms with Crippen LogP contribution in [0.4, 0.5) is 11.5 Å². The molecule has 0 atom stereocenters. The van der Waals surface area contributed by atoms with E-state index in [2.05, 4.69) is 15.0 Å². The highest BCUT2D eigenvalue weighted by Gasteiger charge is 2.16. The van der Waals surface area contributed by atoms with Crippen molar-refractivity contribution in [1.29, 1.82) is 0 Å². The van der Waals surface area contributed by atoms with Gasteiger partial charge in [0.1, 0.15) is 11.6 Å². The Morgan fingerprint density at radius 2 is 1.70 bits per heavy atom. The minimum Gasteiger partial charge on any atom is -0.382 e. The summed E-state index contributed by atoms with van der Waals surface area (Å²) in [7, 11) is -1.96. The molecule has 0 amide bonds. The number of hydrogen-bond donors (Lipinski definition) is 0. The smallest absolute Gasteiger partial charge is 0.308 e. The lowest BCUT2D eigenvalue weighted by Gasteiger charge is -2.20. The van der Waals surface area contributed by atoms with E-state index < -0.39 is 10.1 Å². The van der Waals surface area contributed by atoms with Crippen LogP contribution < -0.4 is 9.08 Å². The van der Waals surface area contributed by atoms with Crippen LogP contribution in [0.1, 0.15) is 6.92 Å². The Balaban J connectivity index is 2.10. The molecule has 0 saturated heterocycles. The van der Waals surface area contributed by atoms with Gasteiger partial charge in [-0.05, 0) is 31.4 Å². The van der Waals surface area contributed by atoms with Gasteiger partial charge in [-0.1, -0.05) is 35.0 Å². The molecule has 30 heavy (non-hydrogen) atoms. The summed E-state index contributed by atoms with van der Waals surface area (Å²) in [6.07, 6.45) is 5.21. The van der Waals surface area contributed by atoms with Crippen molar-refractivity contribution >= 4 is 56.6 Å². The van der Waals surface area contributed by atoms with Crippen LogP contribution >= 0.6 is 35.0 Å². The van der Waals surface area contributed by atoms with E-state index in [9.17, 15) is 8.42 Å². The van der Waals surface area contributed by atoms with E-state index in [1.54, 1.807) is 42.5 Å².